The molecule has 0 spiro atoms. The van der Waals surface area contributed by atoms with Gasteiger partial charge in [-0.25, -0.2) is 0 Å². The van der Waals surface area contributed by atoms with Crippen LogP contribution in [0.1, 0.15) is 129 Å². The van der Waals surface area contributed by atoms with Crippen LogP contribution in [-0.4, -0.2) is 110 Å². The first kappa shape index (κ1) is 41.9. The summed E-state index contributed by atoms with van der Waals surface area (Å²) in [7, 11) is 0. The number of hydrogen-bond acceptors (Lipinski definition) is 10. The van der Waals surface area contributed by atoms with E-state index in [1.807, 2.05) is 6.92 Å². The molecule has 1 fully saturated rings. The molecule has 0 aromatic rings. The highest BCUT2D eigenvalue weighted by atomic mass is 16.7. The van der Waals surface area contributed by atoms with Crippen LogP contribution in [0.5, 0.6) is 0 Å². The van der Waals surface area contributed by atoms with Crippen LogP contribution in [0.15, 0.2) is 12.2 Å². The Balaban J connectivity index is 2.47. The van der Waals surface area contributed by atoms with E-state index in [1.165, 1.54) is 44.9 Å². The zero-order valence-corrected chi connectivity index (χ0v) is 27.8. The van der Waals surface area contributed by atoms with E-state index in [9.17, 15) is 40.5 Å². The molecule has 11 nitrogen and oxygen atoms in total. The van der Waals surface area contributed by atoms with E-state index in [4.69, 9.17) is 9.47 Å². The highest BCUT2D eigenvalue weighted by Crippen LogP contribution is 2.23. The summed E-state index contributed by atoms with van der Waals surface area (Å²) in [6.45, 7) is 3.18. The Kier molecular flexibility index (Phi) is 24.1. The van der Waals surface area contributed by atoms with Crippen LogP contribution in [0.2, 0.25) is 0 Å². The molecule has 8 N–H and O–H groups in total. The summed E-state index contributed by atoms with van der Waals surface area (Å²) >= 11 is 0. The van der Waals surface area contributed by atoms with Crippen LogP contribution < -0.4 is 5.32 Å². The quantitative estimate of drug-likeness (QED) is 0.0486. The molecule has 9 atom stereocenters. The molecule has 0 aromatic carbocycles. The topological polar surface area (TPSA) is 189 Å². The summed E-state index contributed by atoms with van der Waals surface area (Å²) in [6.07, 6.45) is 11.0. The van der Waals surface area contributed by atoms with Crippen molar-refractivity contribution in [1.29, 1.82) is 0 Å². The van der Waals surface area contributed by atoms with Gasteiger partial charge in [-0.05, 0) is 38.5 Å². The summed E-state index contributed by atoms with van der Waals surface area (Å²) in [6, 6.07) is -1.16. The second-order valence-corrected chi connectivity index (χ2v) is 12.6. The van der Waals surface area contributed by atoms with Crippen molar-refractivity contribution in [2.24, 2.45) is 0 Å². The van der Waals surface area contributed by atoms with Crippen molar-refractivity contribution in [2.75, 3.05) is 13.2 Å². The Hall–Kier alpha value is -1.15. The third-order valence-corrected chi connectivity index (χ3v) is 8.57. The van der Waals surface area contributed by atoms with Gasteiger partial charge in [-0.15, -0.1) is 0 Å². The summed E-state index contributed by atoms with van der Waals surface area (Å²) in [5.74, 6) is -0.717. The average molecular weight is 648 g/mol. The molecule has 9 unspecified atom stereocenters. The molecule has 266 valence electrons. The van der Waals surface area contributed by atoms with Gasteiger partial charge in [0.1, 0.15) is 36.6 Å². The Morgan fingerprint density at radius 3 is 1.89 bits per heavy atom. The minimum atomic E-state index is -1.66. The number of aliphatic hydroxyl groups is 7. The second kappa shape index (κ2) is 25.9. The first-order valence-electron chi connectivity index (χ1n) is 17.6. The molecule has 0 radical (unpaired) electrons. The van der Waals surface area contributed by atoms with Gasteiger partial charge in [0.25, 0.3) is 0 Å². The predicted octanol–water partition coefficient (Wildman–Crippen LogP) is 2.99. The van der Waals surface area contributed by atoms with E-state index < -0.39 is 74.2 Å². The van der Waals surface area contributed by atoms with Crippen LogP contribution >= 0.6 is 0 Å². The van der Waals surface area contributed by atoms with Crippen LogP contribution in [-0.2, 0) is 14.3 Å². The van der Waals surface area contributed by atoms with E-state index in [2.05, 4.69) is 24.4 Å². The lowest BCUT2D eigenvalue weighted by atomic mass is 9.98. The third kappa shape index (κ3) is 17.5. The molecule has 1 aliphatic heterocycles. The fourth-order valence-corrected chi connectivity index (χ4v) is 5.49. The van der Waals surface area contributed by atoms with Crippen molar-refractivity contribution in [1.82, 2.24) is 5.32 Å². The number of carbonyl (C=O) groups is 1. The number of aliphatic hydroxyl groups excluding tert-OH is 7. The van der Waals surface area contributed by atoms with Crippen molar-refractivity contribution in [2.45, 2.75) is 184 Å². The van der Waals surface area contributed by atoms with Gasteiger partial charge < -0.3 is 50.5 Å². The van der Waals surface area contributed by atoms with E-state index >= 15 is 0 Å². The van der Waals surface area contributed by atoms with Crippen molar-refractivity contribution < 1.29 is 50.0 Å². The molecule has 0 aliphatic carbocycles. The van der Waals surface area contributed by atoms with Gasteiger partial charge in [-0.2, -0.15) is 0 Å². The molecule has 1 heterocycles. The van der Waals surface area contributed by atoms with Crippen molar-refractivity contribution in [3.63, 3.8) is 0 Å². The number of hydrogen-bond donors (Lipinski definition) is 8. The smallest absolute Gasteiger partial charge is 0.249 e. The van der Waals surface area contributed by atoms with E-state index in [-0.39, 0.29) is 12.8 Å². The standard InChI is InChI=1S/C34H65NO10/c1-3-5-7-8-9-10-11-12-13-14-15-16-17-18-20-22-27(38)33(43)35-25(29(39)26(37)21-19-6-4-2)24-44-34-32(42)31(41)30(40)28(23-36)45-34/h13-14,25-32,34,36-42H,3-12,15-24H2,1-2H3,(H,35,43)/b14-13-. The molecule has 0 saturated carbocycles. The van der Waals surface area contributed by atoms with Crippen molar-refractivity contribution in [3.8, 4) is 0 Å². The minimum absolute atomic E-state index is 0.245. The predicted molar refractivity (Wildman–Crippen MR) is 173 cm³/mol. The lowest BCUT2D eigenvalue weighted by Crippen LogP contribution is -2.60. The minimum Gasteiger partial charge on any atom is -0.394 e. The number of amides is 1. The molecule has 0 aromatic heterocycles. The molecule has 1 saturated heterocycles. The van der Waals surface area contributed by atoms with Gasteiger partial charge in [0, 0.05) is 0 Å². The number of ether oxygens (including phenoxy) is 2. The molecule has 1 aliphatic rings. The molecule has 11 heteroatoms. The van der Waals surface area contributed by atoms with Gasteiger partial charge in [-0.3, -0.25) is 4.79 Å². The summed E-state index contributed by atoms with van der Waals surface area (Å²) < 4.78 is 10.9. The molecular formula is C34H65NO10. The number of nitrogens with one attached hydrogen (secondary N) is 1. The van der Waals surface area contributed by atoms with Crippen LogP contribution in [0.25, 0.3) is 0 Å². The fraction of sp³-hybridized carbons (Fsp3) is 0.912. The van der Waals surface area contributed by atoms with E-state index in [1.54, 1.807) is 0 Å². The fourth-order valence-electron chi connectivity index (χ4n) is 5.49. The Labute approximate surface area is 271 Å². The first-order valence-corrected chi connectivity index (χ1v) is 17.6. The number of allylic oxidation sites excluding steroid dienone is 2. The number of rotatable bonds is 27. The van der Waals surface area contributed by atoms with Gasteiger partial charge in [0.05, 0.1) is 25.4 Å². The molecular weight excluding hydrogens is 582 g/mol. The van der Waals surface area contributed by atoms with Gasteiger partial charge >= 0.3 is 0 Å². The van der Waals surface area contributed by atoms with Gasteiger partial charge in [-0.1, -0.05) is 103 Å². The van der Waals surface area contributed by atoms with Crippen LogP contribution in [0.4, 0.5) is 0 Å². The highest BCUT2D eigenvalue weighted by Gasteiger charge is 2.44. The third-order valence-electron chi connectivity index (χ3n) is 8.57. The van der Waals surface area contributed by atoms with Crippen LogP contribution in [0.3, 0.4) is 0 Å². The van der Waals surface area contributed by atoms with Crippen LogP contribution in [0, 0.1) is 0 Å². The zero-order chi connectivity index (χ0) is 33.5. The SMILES string of the molecule is CCCCCCCCC/C=C\CCCCCCC(O)C(=O)NC(COC1OC(CO)C(O)C(O)C1O)C(O)C(O)CCCCC. The second-order valence-electron chi connectivity index (χ2n) is 12.6. The largest absolute Gasteiger partial charge is 0.394 e. The molecule has 1 rings (SSSR count). The average Bonchev–Trinajstić information content (AvgIpc) is 3.03. The lowest BCUT2D eigenvalue weighted by Gasteiger charge is -2.40. The summed E-state index contributed by atoms with van der Waals surface area (Å²) in [4.78, 5) is 12.8. The molecule has 0 bridgehead atoms. The monoisotopic (exact) mass is 647 g/mol. The first-order chi connectivity index (χ1) is 21.7. The zero-order valence-electron chi connectivity index (χ0n) is 27.8. The maximum absolute atomic E-state index is 12.8. The molecule has 1 amide bonds. The Morgan fingerprint density at radius 2 is 1.29 bits per heavy atom. The molecule has 45 heavy (non-hydrogen) atoms. The van der Waals surface area contributed by atoms with Crippen molar-refractivity contribution in [3.05, 3.63) is 12.2 Å². The summed E-state index contributed by atoms with van der Waals surface area (Å²) in [5, 5.41) is 74.2. The number of unbranched alkanes of at least 4 members (excludes halogenated alkanes) is 13. The Morgan fingerprint density at radius 1 is 0.756 bits per heavy atom. The summed E-state index contributed by atoms with van der Waals surface area (Å²) in [5.41, 5.74) is 0. The maximum atomic E-state index is 12.8. The Bertz CT molecular complexity index is 754. The lowest BCUT2D eigenvalue weighted by molar-refractivity contribution is -0.303. The highest BCUT2D eigenvalue weighted by molar-refractivity contribution is 5.80. The van der Waals surface area contributed by atoms with Gasteiger partial charge in [0.2, 0.25) is 5.91 Å². The van der Waals surface area contributed by atoms with E-state index in [0.29, 0.717) is 12.8 Å². The van der Waals surface area contributed by atoms with Gasteiger partial charge in [0.15, 0.2) is 6.29 Å². The maximum Gasteiger partial charge on any atom is 0.249 e. The van der Waals surface area contributed by atoms with E-state index in [0.717, 1.165) is 44.9 Å². The normalized spacial score (nSPS) is 24.9. The number of carbonyl (C=O) groups excluding carboxylic acids is 1. The van der Waals surface area contributed by atoms with Crippen molar-refractivity contribution >= 4 is 5.91 Å².